The van der Waals surface area contributed by atoms with Gasteiger partial charge in [-0.05, 0) is 53.8 Å². The molecule has 0 unspecified atom stereocenters. The summed E-state index contributed by atoms with van der Waals surface area (Å²) in [5.41, 5.74) is 1.84. The van der Waals surface area contributed by atoms with Crippen molar-refractivity contribution in [1.29, 1.82) is 0 Å². The quantitative estimate of drug-likeness (QED) is 0.776. The summed E-state index contributed by atoms with van der Waals surface area (Å²) >= 11 is 0. The van der Waals surface area contributed by atoms with Crippen LogP contribution in [0.2, 0.25) is 0 Å². The lowest BCUT2D eigenvalue weighted by molar-refractivity contribution is -0.0732. The predicted octanol–water partition coefficient (Wildman–Crippen LogP) is 3.80. The van der Waals surface area contributed by atoms with E-state index in [1.54, 1.807) is 0 Å². The zero-order valence-corrected chi connectivity index (χ0v) is 14.1. The lowest BCUT2D eigenvalue weighted by Gasteiger charge is -2.53. The SMILES string of the molecule is Cc1ccc(C(=O)OC2CC(C)(C)N(C)C(C)(C)C2)cc1. The maximum Gasteiger partial charge on any atom is 0.338 e. The van der Waals surface area contributed by atoms with E-state index in [2.05, 4.69) is 39.6 Å². The molecule has 1 aliphatic heterocycles. The third kappa shape index (κ3) is 3.46. The number of ether oxygens (including phenoxy) is 1. The minimum absolute atomic E-state index is 0.0278. The molecule has 1 fully saturated rings. The van der Waals surface area contributed by atoms with Crippen molar-refractivity contribution in [1.82, 2.24) is 4.90 Å². The molecule has 0 amide bonds. The smallest absolute Gasteiger partial charge is 0.338 e. The van der Waals surface area contributed by atoms with Gasteiger partial charge in [0.15, 0.2) is 0 Å². The Hall–Kier alpha value is -1.35. The summed E-state index contributed by atoms with van der Waals surface area (Å²) in [6.45, 7) is 10.8. The van der Waals surface area contributed by atoms with Crippen molar-refractivity contribution in [3.8, 4) is 0 Å². The average Bonchev–Trinajstić information content (AvgIpc) is 2.36. The number of benzene rings is 1. The summed E-state index contributed by atoms with van der Waals surface area (Å²) in [6.07, 6.45) is 1.70. The molecular weight excluding hydrogens is 262 g/mol. The summed E-state index contributed by atoms with van der Waals surface area (Å²) in [5, 5.41) is 0. The number of carbonyl (C=O) groups is 1. The second-order valence-corrected chi connectivity index (χ2v) is 7.49. The van der Waals surface area contributed by atoms with E-state index in [1.807, 2.05) is 31.2 Å². The highest BCUT2D eigenvalue weighted by Crippen LogP contribution is 2.38. The lowest BCUT2D eigenvalue weighted by atomic mass is 9.79. The second-order valence-electron chi connectivity index (χ2n) is 7.49. The fourth-order valence-electron chi connectivity index (χ4n) is 3.27. The summed E-state index contributed by atoms with van der Waals surface area (Å²) in [4.78, 5) is 14.7. The number of carbonyl (C=O) groups excluding carboxylic acids is 1. The van der Waals surface area contributed by atoms with Crippen LogP contribution in [0.25, 0.3) is 0 Å². The predicted molar refractivity (Wildman–Crippen MR) is 85.5 cm³/mol. The monoisotopic (exact) mass is 289 g/mol. The van der Waals surface area contributed by atoms with Crippen molar-refractivity contribution >= 4 is 5.97 Å². The summed E-state index contributed by atoms with van der Waals surface area (Å²) in [7, 11) is 2.15. The zero-order chi connectivity index (χ0) is 15.8. The molecule has 1 aliphatic rings. The van der Waals surface area contributed by atoms with Crippen LogP contribution in [0.5, 0.6) is 0 Å². The van der Waals surface area contributed by atoms with Crippen molar-refractivity contribution in [2.45, 2.75) is 64.6 Å². The number of likely N-dealkylation sites (tertiary alicyclic amines) is 1. The molecule has 1 aromatic carbocycles. The standard InChI is InChI=1S/C18H27NO2/c1-13-7-9-14(10-8-13)16(20)21-15-11-17(2,3)19(6)18(4,5)12-15/h7-10,15H,11-12H2,1-6H3. The number of esters is 1. The molecule has 0 aliphatic carbocycles. The molecule has 1 saturated heterocycles. The molecule has 21 heavy (non-hydrogen) atoms. The summed E-state index contributed by atoms with van der Waals surface area (Å²) < 4.78 is 5.77. The molecule has 0 spiro atoms. The highest BCUT2D eigenvalue weighted by atomic mass is 16.5. The first kappa shape index (κ1) is 16.0. The van der Waals surface area contributed by atoms with Crippen LogP contribution in [0.1, 0.15) is 56.5 Å². The normalized spacial score (nSPS) is 22.0. The number of hydrogen-bond acceptors (Lipinski definition) is 3. The molecule has 3 nitrogen and oxygen atoms in total. The van der Waals surface area contributed by atoms with E-state index in [9.17, 15) is 4.79 Å². The van der Waals surface area contributed by atoms with Crippen LogP contribution in [0.15, 0.2) is 24.3 Å². The van der Waals surface area contributed by atoms with E-state index >= 15 is 0 Å². The topological polar surface area (TPSA) is 29.5 Å². The average molecular weight is 289 g/mol. The van der Waals surface area contributed by atoms with E-state index in [4.69, 9.17) is 4.74 Å². The van der Waals surface area contributed by atoms with Crippen molar-refractivity contribution in [2.75, 3.05) is 7.05 Å². The molecular formula is C18H27NO2. The largest absolute Gasteiger partial charge is 0.459 e. The lowest BCUT2D eigenvalue weighted by Crippen LogP contribution is -2.60. The van der Waals surface area contributed by atoms with Gasteiger partial charge in [0.1, 0.15) is 6.10 Å². The van der Waals surface area contributed by atoms with Crippen LogP contribution in [-0.2, 0) is 4.74 Å². The van der Waals surface area contributed by atoms with Gasteiger partial charge >= 0.3 is 5.97 Å². The fourth-order valence-corrected chi connectivity index (χ4v) is 3.27. The third-order valence-electron chi connectivity index (χ3n) is 4.83. The summed E-state index contributed by atoms with van der Waals surface area (Å²) in [6, 6.07) is 7.56. The van der Waals surface area contributed by atoms with E-state index < -0.39 is 0 Å². The third-order valence-corrected chi connectivity index (χ3v) is 4.83. The Kier molecular flexibility index (Phi) is 4.16. The molecule has 0 radical (unpaired) electrons. The van der Waals surface area contributed by atoms with Crippen LogP contribution in [0.4, 0.5) is 0 Å². The van der Waals surface area contributed by atoms with Crippen LogP contribution < -0.4 is 0 Å². The number of nitrogens with zero attached hydrogens (tertiary/aromatic N) is 1. The van der Waals surface area contributed by atoms with Gasteiger partial charge < -0.3 is 4.74 Å². The molecule has 3 heteroatoms. The number of piperidine rings is 1. The van der Waals surface area contributed by atoms with Gasteiger partial charge in [-0.2, -0.15) is 0 Å². The molecule has 0 bridgehead atoms. The second kappa shape index (κ2) is 5.45. The summed E-state index contributed by atoms with van der Waals surface area (Å²) in [5.74, 6) is -0.212. The molecule has 2 rings (SSSR count). The molecule has 0 saturated carbocycles. The van der Waals surface area contributed by atoms with Crippen LogP contribution in [0, 0.1) is 6.92 Å². The van der Waals surface area contributed by atoms with Crippen molar-refractivity contribution < 1.29 is 9.53 Å². The van der Waals surface area contributed by atoms with Crippen LogP contribution in [-0.4, -0.2) is 35.1 Å². The van der Waals surface area contributed by atoms with E-state index in [0.717, 1.165) is 18.4 Å². The first-order valence-corrected chi connectivity index (χ1v) is 7.63. The molecule has 1 heterocycles. The maximum atomic E-state index is 12.3. The Balaban J connectivity index is 2.09. The minimum atomic E-state index is -0.212. The van der Waals surface area contributed by atoms with E-state index in [1.165, 1.54) is 0 Å². The van der Waals surface area contributed by atoms with Gasteiger partial charge in [0.2, 0.25) is 0 Å². The molecule has 0 N–H and O–H groups in total. The Morgan fingerprint density at radius 3 is 2.05 bits per heavy atom. The highest BCUT2D eigenvalue weighted by molar-refractivity contribution is 5.89. The van der Waals surface area contributed by atoms with Crippen molar-refractivity contribution in [3.05, 3.63) is 35.4 Å². The van der Waals surface area contributed by atoms with Gasteiger partial charge in [-0.15, -0.1) is 0 Å². The number of aryl methyl sites for hydroxylation is 1. The zero-order valence-electron chi connectivity index (χ0n) is 14.1. The Morgan fingerprint density at radius 1 is 1.10 bits per heavy atom. The Morgan fingerprint density at radius 2 is 1.57 bits per heavy atom. The van der Waals surface area contributed by atoms with Crippen molar-refractivity contribution in [3.63, 3.8) is 0 Å². The molecule has 0 atom stereocenters. The highest BCUT2D eigenvalue weighted by Gasteiger charge is 2.44. The van der Waals surface area contributed by atoms with Gasteiger partial charge in [0.25, 0.3) is 0 Å². The van der Waals surface area contributed by atoms with E-state index in [0.29, 0.717) is 5.56 Å². The van der Waals surface area contributed by atoms with E-state index in [-0.39, 0.29) is 23.2 Å². The molecule has 1 aromatic rings. The minimum Gasteiger partial charge on any atom is -0.459 e. The number of rotatable bonds is 2. The first-order chi connectivity index (χ1) is 9.62. The van der Waals surface area contributed by atoms with Crippen molar-refractivity contribution in [2.24, 2.45) is 0 Å². The number of hydrogen-bond donors (Lipinski definition) is 0. The Labute approximate surface area is 128 Å². The maximum absolute atomic E-state index is 12.3. The van der Waals surface area contributed by atoms with Gasteiger partial charge in [-0.25, -0.2) is 4.79 Å². The van der Waals surface area contributed by atoms with Gasteiger partial charge in [0, 0.05) is 23.9 Å². The van der Waals surface area contributed by atoms with Gasteiger partial charge in [-0.3, -0.25) is 4.90 Å². The van der Waals surface area contributed by atoms with Crippen LogP contribution in [0.3, 0.4) is 0 Å². The van der Waals surface area contributed by atoms with Gasteiger partial charge in [0.05, 0.1) is 5.56 Å². The first-order valence-electron chi connectivity index (χ1n) is 7.63. The van der Waals surface area contributed by atoms with Crippen LogP contribution >= 0.6 is 0 Å². The van der Waals surface area contributed by atoms with Gasteiger partial charge in [-0.1, -0.05) is 17.7 Å². The molecule has 116 valence electrons. The Bertz CT molecular complexity index is 499. The fraction of sp³-hybridized carbons (Fsp3) is 0.611. The molecule has 0 aromatic heterocycles.